The van der Waals surface area contributed by atoms with E-state index in [9.17, 15) is 19.2 Å². The van der Waals surface area contributed by atoms with Crippen molar-refractivity contribution in [3.05, 3.63) is 40.9 Å². The van der Waals surface area contributed by atoms with E-state index in [0.717, 1.165) is 4.90 Å². The first-order valence-corrected chi connectivity index (χ1v) is 7.35. The number of imide groups is 2. The van der Waals surface area contributed by atoms with Crippen LogP contribution >= 0.6 is 15.9 Å². The summed E-state index contributed by atoms with van der Waals surface area (Å²) in [6.07, 6.45) is 1.33. The summed E-state index contributed by atoms with van der Waals surface area (Å²) < 4.78 is 5.63. The zero-order valence-corrected chi connectivity index (χ0v) is 13.8. The van der Waals surface area contributed by atoms with Gasteiger partial charge in [0.2, 0.25) is 0 Å². The minimum Gasteiger partial charge on any atom is -0.496 e. The molecule has 1 aromatic carbocycles. The van der Waals surface area contributed by atoms with E-state index in [4.69, 9.17) is 4.74 Å². The van der Waals surface area contributed by atoms with E-state index in [1.807, 2.05) is 0 Å². The average Bonchev–Trinajstić information content (AvgIpc) is 2.73. The number of rotatable bonds is 6. The van der Waals surface area contributed by atoms with Crippen LogP contribution in [0.4, 0.5) is 4.79 Å². The highest BCUT2D eigenvalue weighted by atomic mass is 79.9. The van der Waals surface area contributed by atoms with Crippen LogP contribution in [0.2, 0.25) is 0 Å². The fourth-order valence-corrected chi connectivity index (χ4v) is 2.60. The number of hydrogen-bond donors (Lipinski definition) is 0. The number of Topliss-reactive ketones (excluding diaryl/α,β-unsaturated/α-hetero) is 1. The molecule has 4 amide bonds. The number of carbonyl (C=O) groups excluding carboxylic acids is 4. The summed E-state index contributed by atoms with van der Waals surface area (Å²) in [6, 6.07) is 3.80. The molecule has 1 saturated heterocycles. The second-order valence-corrected chi connectivity index (χ2v) is 5.51. The van der Waals surface area contributed by atoms with Gasteiger partial charge < -0.3 is 4.74 Å². The average molecular weight is 381 g/mol. The highest BCUT2D eigenvalue weighted by molar-refractivity contribution is 9.10. The van der Waals surface area contributed by atoms with Crippen molar-refractivity contribution < 1.29 is 23.9 Å². The predicted octanol–water partition coefficient (Wildman–Crippen LogP) is 1.62. The van der Waals surface area contributed by atoms with Crippen LogP contribution < -0.4 is 4.74 Å². The molecule has 0 bridgehead atoms. The third-order valence-electron chi connectivity index (χ3n) is 3.22. The molecule has 0 saturated carbocycles. The monoisotopic (exact) mass is 380 g/mol. The minimum absolute atomic E-state index is 0.0812. The smallest absolute Gasteiger partial charge is 0.334 e. The third-order valence-corrected chi connectivity index (χ3v) is 3.84. The molecule has 0 unspecified atom stereocenters. The molecule has 1 fully saturated rings. The summed E-state index contributed by atoms with van der Waals surface area (Å²) in [6.45, 7) is 2.83. The van der Waals surface area contributed by atoms with Crippen LogP contribution in [0.3, 0.4) is 0 Å². The van der Waals surface area contributed by atoms with Crippen LogP contribution in [-0.2, 0) is 9.59 Å². The number of hydrogen-bond acceptors (Lipinski definition) is 5. The molecule has 0 radical (unpaired) electrons. The Morgan fingerprint density at radius 1 is 1.26 bits per heavy atom. The van der Waals surface area contributed by atoms with Crippen LogP contribution in [-0.4, -0.2) is 53.6 Å². The molecule has 2 rings (SSSR count). The zero-order chi connectivity index (χ0) is 17.1. The van der Waals surface area contributed by atoms with Crippen LogP contribution in [0, 0.1) is 0 Å². The molecule has 23 heavy (non-hydrogen) atoms. The molecule has 1 aromatic rings. The van der Waals surface area contributed by atoms with Crippen molar-refractivity contribution in [1.82, 2.24) is 9.80 Å². The fourth-order valence-electron chi connectivity index (χ4n) is 2.05. The normalized spacial score (nSPS) is 14.4. The number of carbonyl (C=O) groups is 4. The van der Waals surface area contributed by atoms with E-state index in [-0.39, 0.29) is 12.1 Å². The Hall–Kier alpha value is -2.48. The lowest BCUT2D eigenvalue weighted by atomic mass is 10.1. The molecule has 7 nitrogen and oxygen atoms in total. The number of halogens is 1. The maximum absolute atomic E-state index is 12.3. The van der Waals surface area contributed by atoms with Gasteiger partial charge in [-0.1, -0.05) is 6.08 Å². The highest BCUT2D eigenvalue weighted by Gasteiger charge is 2.44. The summed E-state index contributed by atoms with van der Waals surface area (Å²) >= 11 is 3.25. The molecule has 0 N–H and O–H groups in total. The summed E-state index contributed by atoms with van der Waals surface area (Å²) in [5.74, 6) is -1.90. The molecule has 1 heterocycles. The van der Waals surface area contributed by atoms with Gasteiger partial charge in [0.25, 0.3) is 0 Å². The van der Waals surface area contributed by atoms with Gasteiger partial charge in [-0.2, -0.15) is 0 Å². The maximum atomic E-state index is 12.3. The quantitative estimate of drug-likeness (QED) is 0.324. The van der Waals surface area contributed by atoms with Gasteiger partial charge in [0, 0.05) is 12.1 Å². The van der Waals surface area contributed by atoms with Gasteiger partial charge in [0.05, 0.1) is 18.1 Å². The number of ether oxygens (including phenoxy) is 1. The van der Waals surface area contributed by atoms with E-state index in [1.54, 1.807) is 6.07 Å². The lowest BCUT2D eigenvalue weighted by molar-refractivity contribution is -0.142. The Balaban J connectivity index is 2.18. The molecule has 1 aliphatic rings. The number of urea groups is 1. The molecule has 1 aliphatic heterocycles. The molecule has 0 spiro atoms. The van der Waals surface area contributed by atoms with Gasteiger partial charge in [0.1, 0.15) is 5.75 Å². The Morgan fingerprint density at radius 2 is 1.91 bits per heavy atom. The topological polar surface area (TPSA) is 84.0 Å². The van der Waals surface area contributed by atoms with Crippen molar-refractivity contribution in [3.8, 4) is 5.75 Å². The Kier molecular flexibility index (Phi) is 4.95. The lowest BCUT2D eigenvalue weighted by Gasteiger charge is -2.13. The first-order valence-electron chi connectivity index (χ1n) is 6.55. The van der Waals surface area contributed by atoms with Crippen LogP contribution in [0.25, 0.3) is 0 Å². The number of benzene rings is 1. The van der Waals surface area contributed by atoms with E-state index in [1.165, 1.54) is 25.3 Å². The minimum atomic E-state index is -1.02. The predicted molar refractivity (Wildman–Crippen MR) is 84.0 cm³/mol. The highest BCUT2D eigenvalue weighted by Crippen LogP contribution is 2.26. The largest absolute Gasteiger partial charge is 0.496 e. The van der Waals surface area contributed by atoms with Crippen molar-refractivity contribution in [2.45, 2.75) is 0 Å². The summed E-state index contributed by atoms with van der Waals surface area (Å²) in [5.41, 5.74) is 0.285. The molecule has 0 atom stereocenters. The fraction of sp³-hybridized carbons (Fsp3) is 0.200. The SMILES string of the molecule is C=CCN1C(=O)C(=O)N(CC(=O)c2ccc(OC)c(Br)c2)C1=O. The molecule has 8 heteroatoms. The number of amides is 4. The van der Waals surface area contributed by atoms with E-state index >= 15 is 0 Å². The summed E-state index contributed by atoms with van der Waals surface area (Å²) in [5, 5.41) is 0. The summed E-state index contributed by atoms with van der Waals surface area (Å²) in [7, 11) is 1.49. The van der Waals surface area contributed by atoms with Gasteiger partial charge in [0.15, 0.2) is 5.78 Å². The van der Waals surface area contributed by atoms with Crippen molar-refractivity contribution in [2.75, 3.05) is 20.2 Å². The molecule has 0 aliphatic carbocycles. The molecule has 0 aromatic heterocycles. The first-order chi connectivity index (χ1) is 10.9. The van der Waals surface area contributed by atoms with Crippen LogP contribution in [0.1, 0.15) is 10.4 Å². The Labute approximate surface area is 140 Å². The van der Waals surface area contributed by atoms with E-state index in [2.05, 4.69) is 22.5 Å². The maximum Gasteiger partial charge on any atom is 0.334 e. The lowest BCUT2D eigenvalue weighted by Crippen LogP contribution is -2.37. The van der Waals surface area contributed by atoms with E-state index < -0.39 is 30.2 Å². The Bertz CT molecular complexity index is 716. The van der Waals surface area contributed by atoms with Crippen molar-refractivity contribution >= 4 is 39.6 Å². The molecular formula is C15H13BrN2O5. The number of methoxy groups -OCH3 is 1. The van der Waals surface area contributed by atoms with Crippen molar-refractivity contribution in [2.24, 2.45) is 0 Å². The molecular weight excluding hydrogens is 368 g/mol. The van der Waals surface area contributed by atoms with Gasteiger partial charge in [-0.15, -0.1) is 6.58 Å². The van der Waals surface area contributed by atoms with Crippen molar-refractivity contribution in [1.29, 1.82) is 0 Å². The number of ketones is 1. The molecule has 120 valence electrons. The summed E-state index contributed by atoms with van der Waals surface area (Å²) in [4.78, 5) is 49.2. The second kappa shape index (κ2) is 6.74. The first kappa shape index (κ1) is 16.9. The Morgan fingerprint density at radius 3 is 2.48 bits per heavy atom. The third kappa shape index (κ3) is 3.16. The van der Waals surface area contributed by atoms with Crippen LogP contribution in [0.15, 0.2) is 35.3 Å². The van der Waals surface area contributed by atoms with Gasteiger partial charge in [-0.05, 0) is 34.1 Å². The van der Waals surface area contributed by atoms with Gasteiger partial charge in [-0.3, -0.25) is 19.3 Å². The van der Waals surface area contributed by atoms with Gasteiger partial charge in [-0.25, -0.2) is 9.69 Å². The van der Waals surface area contributed by atoms with Gasteiger partial charge >= 0.3 is 17.8 Å². The number of nitrogens with zero attached hydrogens (tertiary/aromatic N) is 2. The zero-order valence-electron chi connectivity index (χ0n) is 12.2. The van der Waals surface area contributed by atoms with Crippen LogP contribution in [0.5, 0.6) is 5.75 Å². The van der Waals surface area contributed by atoms with Crippen molar-refractivity contribution in [3.63, 3.8) is 0 Å². The van der Waals surface area contributed by atoms with E-state index in [0.29, 0.717) is 15.1 Å². The second-order valence-electron chi connectivity index (χ2n) is 4.65. The standard InChI is InChI=1S/C15H13BrN2O5/c1-3-6-17-13(20)14(21)18(15(17)22)8-11(19)9-4-5-12(23-2)10(16)7-9/h3-5,7H,1,6,8H2,2H3.